The third kappa shape index (κ3) is 6.12. The van der Waals surface area contributed by atoms with Crippen molar-refractivity contribution in [3.63, 3.8) is 0 Å². The van der Waals surface area contributed by atoms with E-state index in [4.69, 9.17) is 0 Å². The predicted molar refractivity (Wildman–Crippen MR) is 251 cm³/mol. The Hall–Kier alpha value is -7.26. The lowest BCUT2D eigenvalue weighted by Crippen LogP contribution is -2.09. The molecule has 0 fully saturated rings. The van der Waals surface area contributed by atoms with E-state index in [1.165, 1.54) is 86.2 Å². The summed E-state index contributed by atoms with van der Waals surface area (Å²) in [7, 11) is 0. The van der Waals surface area contributed by atoms with Crippen LogP contribution in [-0.2, 0) is 0 Å². The second kappa shape index (κ2) is 14.4. The van der Waals surface area contributed by atoms with Gasteiger partial charge in [-0.2, -0.15) is 0 Å². The number of thiophene rings is 1. The van der Waals surface area contributed by atoms with Crippen molar-refractivity contribution in [2.75, 3.05) is 4.90 Å². The monoisotopic (exact) mass is 755 g/mol. The first-order valence-corrected chi connectivity index (χ1v) is 20.6. The summed E-state index contributed by atoms with van der Waals surface area (Å²) in [5.41, 5.74) is 13.0. The number of nitrogens with zero attached hydrogens (tertiary/aromatic N) is 1. The highest BCUT2D eigenvalue weighted by Crippen LogP contribution is 2.43. The summed E-state index contributed by atoms with van der Waals surface area (Å²) in [6.07, 6.45) is 0. The molecule has 0 radical (unpaired) electrons. The van der Waals surface area contributed by atoms with Crippen molar-refractivity contribution in [1.29, 1.82) is 0 Å². The molecule has 0 aliphatic heterocycles. The van der Waals surface area contributed by atoms with Crippen molar-refractivity contribution in [2.45, 2.75) is 0 Å². The van der Waals surface area contributed by atoms with Crippen LogP contribution in [0.3, 0.4) is 0 Å². The Morgan fingerprint density at radius 3 is 1.45 bits per heavy atom. The van der Waals surface area contributed by atoms with Crippen LogP contribution < -0.4 is 4.90 Å². The molecular formula is C56H37NS. The van der Waals surface area contributed by atoms with Gasteiger partial charge in [-0.05, 0) is 127 Å². The van der Waals surface area contributed by atoms with Crippen LogP contribution in [0.5, 0.6) is 0 Å². The van der Waals surface area contributed by atoms with Gasteiger partial charge in [0.25, 0.3) is 0 Å². The van der Waals surface area contributed by atoms with Crippen LogP contribution >= 0.6 is 11.3 Å². The topological polar surface area (TPSA) is 3.24 Å². The molecule has 58 heavy (non-hydrogen) atoms. The number of hydrogen-bond acceptors (Lipinski definition) is 2. The minimum Gasteiger partial charge on any atom is -0.310 e. The Balaban J connectivity index is 1.02. The number of fused-ring (bicyclic) bond motifs is 6. The van der Waals surface area contributed by atoms with Gasteiger partial charge >= 0.3 is 0 Å². The van der Waals surface area contributed by atoms with Crippen molar-refractivity contribution >= 4 is 70.1 Å². The third-order valence-corrected chi connectivity index (χ3v) is 12.7. The maximum Gasteiger partial charge on any atom is 0.0468 e. The van der Waals surface area contributed by atoms with E-state index in [1.54, 1.807) is 0 Å². The predicted octanol–water partition coefficient (Wildman–Crippen LogP) is 16.5. The molecule has 0 atom stereocenters. The van der Waals surface area contributed by atoms with Gasteiger partial charge in [0.05, 0.1) is 0 Å². The Bertz CT molecular complexity index is 3200. The maximum absolute atomic E-state index is 2.39. The van der Waals surface area contributed by atoms with Crippen molar-refractivity contribution in [3.8, 4) is 44.5 Å². The molecule has 272 valence electrons. The minimum atomic E-state index is 1.10. The van der Waals surface area contributed by atoms with E-state index in [0.717, 1.165) is 17.1 Å². The molecule has 0 N–H and O–H groups in total. The van der Waals surface area contributed by atoms with E-state index in [0.29, 0.717) is 0 Å². The molecule has 0 aliphatic carbocycles. The quantitative estimate of drug-likeness (QED) is 0.146. The molecule has 10 aromatic carbocycles. The molecule has 0 aliphatic rings. The van der Waals surface area contributed by atoms with Crippen molar-refractivity contribution in [2.24, 2.45) is 0 Å². The Kier molecular flexibility index (Phi) is 8.42. The van der Waals surface area contributed by atoms with Crippen LogP contribution in [0, 0.1) is 0 Å². The van der Waals surface area contributed by atoms with Gasteiger partial charge in [-0.15, -0.1) is 11.3 Å². The average Bonchev–Trinajstić information content (AvgIpc) is 3.69. The van der Waals surface area contributed by atoms with Crippen LogP contribution in [0.2, 0.25) is 0 Å². The van der Waals surface area contributed by atoms with Gasteiger partial charge in [-0.25, -0.2) is 0 Å². The van der Waals surface area contributed by atoms with Gasteiger partial charge in [0.2, 0.25) is 0 Å². The summed E-state index contributed by atoms with van der Waals surface area (Å²) >= 11 is 1.88. The second-order valence-corrected chi connectivity index (χ2v) is 16.0. The lowest BCUT2D eigenvalue weighted by molar-refractivity contribution is 1.29. The van der Waals surface area contributed by atoms with Gasteiger partial charge in [-0.1, -0.05) is 164 Å². The lowest BCUT2D eigenvalue weighted by Gasteiger charge is -2.26. The molecule has 1 heterocycles. The Morgan fingerprint density at radius 2 is 0.776 bits per heavy atom. The van der Waals surface area contributed by atoms with Gasteiger partial charge in [0, 0.05) is 37.2 Å². The summed E-state index contributed by atoms with van der Waals surface area (Å²) in [6.45, 7) is 0. The van der Waals surface area contributed by atoms with E-state index < -0.39 is 0 Å². The highest BCUT2D eigenvalue weighted by molar-refractivity contribution is 7.26. The Morgan fingerprint density at radius 1 is 0.276 bits per heavy atom. The molecule has 0 amide bonds. The molecule has 1 aromatic heterocycles. The summed E-state index contributed by atoms with van der Waals surface area (Å²) in [5, 5.41) is 7.65. The summed E-state index contributed by atoms with van der Waals surface area (Å²) in [6, 6.07) is 81.9. The standard InChI is InChI=1S/C56H37NS/c1-3-12-38(13-4-1)44-34-45(39-14-5-2-6-15-39)36-46(35-44)40-24-28-47(29-25-40)57(49-32-33-51-43(37-49)23-22-41-16-7-8-17-50(41)51)48-30-26-42(27-31-48)52-19-11-20-54-53-18-9-10-21-55(53)58-56(52)54/h1-37H. The highest BCUT2D eigenvalue weighted by atomic mass is 32.1. The normalized spacial score (nSPS) is 11.4. The van der Waals surface area contributed by atoms with Gasteiger partial charge in [0.15, 0.2) is 0 Å². The fourth-order valence-electron chi connectivity index (χ4n) is 8.54. The molecular weight excluding hydrogens is 719 g/mol. The van der Waals surface area contributed by atoms with E-state index >= 15 is 0 Å². The zero-order valence-electron chi connectivity index (χ0n) is 31.7. The minimum absolute atomic E-state index is 1.10. The van der Waals surface area contributed by atoms with Crippen LogP contribution in [0.25, 0.3) is 86.2 Å². The van der Waals surface area contributed by atoms with E-state index in [-0.39, 0.29) is 0 Å². The molecule has 0 bridgehead atoms. The number of rotatable bonds is 7. The first-order valence-electron chi connectivity index (χ1n) is 19.8. The van der Waals surface area contributed by atoms with E-state index in [2.05, 4.69) is 229 Å². The summed E-state index contributed by atoms with van der Waals surface area (Å²) in [4.78, 5) is 2.39. The molecule has 11 aromatic rings. The summed E-state index contributed by atoms with van der Waals surface area (Å²) < 4.78 is 2.65. The lowest BCUT2D eigenvalue weighted by atomic mass is 9.93. The van der Waals surface area contributed by atoms with Crippen LogP contribution in [0.15, 0.2) is 224 Å². The van der Waals surface area contributed by atoms with E-state index in [9.17, 15) is 0 Å². The van der Waals surface area contributed by atoms with Crippen LogP contribution in [0.4, 0.5) is 17.1 Å². The molecule has 0 saturated heterocycles. The third-order valence-electron chi connectivity index (χ3n) is 11.4. The molecule has 11 rings (SSSR count). The molecule has 0 unspecified atom stereocenters. The van der Waals surface area contributed by atoms with Crippen molar-refractivity contribution in [3.05, 3.63) is 224 Å². The van der Waals surface area contributed by atoms with Crippen LogP contribution in [0.1, 0.15) is 0 Å². The van der Waals surface area contributed by atoms with Crippen molar-refractivity contribution < 1.29 is 0 Å². The zero-order valence-corrected chi connectivity index (χ0v) is 32.5. The maximum atomic E-state index is 2.39. The van der Waals surface area contributed by atoms with Crippen molar-refractivity contribution in [1.82, 2.24) is 0 Å². The van der Waals surface area contributed by atoms with Gasteiger partial charge in [0.1, 0.15) is 0 Å². The average molecular weight is 756 g/mol. The SMILES string of the molecule is c1ccc(-c2cc(-c3ccccc3)cc(-c3ccc(N(c4ccc(-c5cccc6c5sc5ccccc56)cc4)c4ccc5c(ccc6ccccc65)c4)cc3)c2)cc1. The Labute approximate surface area is 342 Å². The van der Waals surface area contributed by atoms with Gasteiger partial charge in [-0.3, -0.25) is 0 Å². The number of benzene rings is 10. The smallest absolute Gasteiger partial charge is 0.0468 e. The zero-order chi connectivity index (χ0) is 38.4. The molecule has 2 heteroatoms. The van der Waals surface area contributed by atoms with Gasteiger partial charge < -0.3 is 4.90 Å². The fourth-order valence-corrected chi connectivity index (χ4v) is 9.78. The largest absolute Gasteiger partial charge is 0.310 e. The summed E-state index contributed by atoms with van der Waals surface area (Å²) in [5.74, 6) is 0. The highest BCUT2D eigenvalue weighted by Gasteiger charge is 2.17. The first-order chi connectivity index (χ1) is 28.7. The van der Waals surface area contributed by atoms with E-state index in [1.807, 2.05) is 11.3 Å². The molecule has 0 spiro atoms. The molecule has 0 saturated carbocycles. The van der Waals surface area contributed by atoms with Crippen LogP contribution in [-0.4, -0.2) is 0 Å². The number of anilines is 3. The fraction of sp³-hybridized carbons (Fsp3) is 0. The second-order valence-electron chi connectivity index (χ2n) is 14.9. The number of hydrogen-bond donors (Lipinski definition) is 0. The first kappa shape index (κ1) is 34.0. The molecule has 1 nitrogen and oxygen atoms in total.